The number of carbonyl (C=O) groups is 2. The fraction of sp³-hybridized carbons (Fsp3) is 0.333. The monoisotopic (exact) mass is 363 g/mol. The molecule has 2 N–H and O–H groups in total. The zero-order valence-corrected chi connectivity index (χ0v) is 15.0. The Kier molecular flexibility index (Phi) is 7.03. The number of nitrogens with zero attached hydrogens (tertiary/aromatic N) is 1. The smallest absolute Gasteiger partial charge is 0.252 e. The van der Waals surface area contributed by atoms with Gasteiger partial charge in [-0.25, -0.2) is 0 Å². The number of hydrogen-bond donors (Lipinski definition) is 2. The van der Waals surface area contributed by atoms with Crippen LogP contribution in [0.4, 0.5) is 0 Å². The summed E-state index contributed by atoms with van der Waals surface area (Å²) in [6, 6.07) is 10.4. The molecule has 0 aliphatic heterocycles. The van der Waals surface area contributed by atoms with Crippen molar-refractivity contribution in [3.8, 4) is 0 Å². The van der Waals surface area contributed by atoms with Crippen LogP contribution in [0.1, 0.15) is 28.6 Å². The van der Waals surface area contributed by atoms with Gasteiger partial charge in [0.1, 0.15) is 5.76 Å². The summed E-state index contributed by atoms with van der Waals surface area (Å²) in [4.78, 5) is 26.0. The number of rotatable bonds is 8. The van der Waals surface area contributed by atoms with Gasteiger partial charge in [0.25, 0.3) is 5.91 Å². The summed E-state index contributed by atoms with van der Waals surface area (Å²) >= 11 is 5.97. The molecular formula is C18H22ClN3O3. The molecule has 1 aromatic heterocycles. The molecule has 25 heavy (non-hydrogen) atoms. The number of likely N-dealkylation sites (N-methyl/N-ethyl adjacent to an activating group) is 1. The minimum atomic E-state index is -0.292. The number of hydrogen-bond acceptors (Lipinski definition) is 4. The van der Waals surface area contributed by atoms with E-state index in [0.29, 0.717) is 17.1 Å². The first-order valence-electron chi connectivity index (χ1n) is 7.98. The fourth-order valence-electron chi connectivity index (χ4n) is 2.35. The average Bonchev–Trinajstić information content (AvgIpc) is 3.09. The number of nitrogens with one attached hydrogen (secondary N) is 2. The molecule has 2 aromatic rings. The van der Waals surface area contributed by atoms with Crippen molar-refractivity contribution in [2.45, 2.75) is 12.5 Å². The molecule has 6 nitrogen and oxygen atoms in total. The van der Waals surface area contributed by atoms with Crippen LogP contribution in [0.2, 0.25) is 5.02 Å². The molecule has 0 fully saturated rings. The predicted octanol–water partition coefficient (Wildman–Crippen LogP) is 2.47. The van der Waals surface area contributed by atoms with E-state index >= 15 is 0 Å². The summed E-state index contributed by atoms with van der Waals surface area (Å²) in [5.41, 5.74) is 0.398. The van der Waals surface area contributed by atoms with Crippen LogP contribution < -0.4 is 10.6 Å². The third-order valence-electron chi connectivity index (χ3n) is 3.74. The van der Waals surface area contributed by atoms with E-state index in [1.807, 2.05) is 31.1 Å². The van der Waals surface area contributed by atoms with Crippen molar-refractivity contribution in [3.63, 3.8) is 0 Å². The Morgan fingerprint density at radius 3 is 2.56 bits per heavy atom. The van der Waals surface area contributed by atoms with E-state index in [1.165, 1.54) is 0 Å². The highest BCUT2D eigenvalue weighted by Gasteiger charge is 2.17. The Balaban J connectivity index is 1.75. The Labute approximate surface area is 152 Å². The van der Waals surface area contributed by atoms with Gasteiger partial charge >= 0.3 is 0 Å². The maximum Gasteiger partial charge on any atom is 0.252 e. The van der Waals surface area contributed by atoms with Crippen LogP contribution >= 0.6 is 11.6 Å². The van der Waals surface area contributed by atoms with E-state index in [0.717, 1.165) is 5.76 Å². The lowest BCUT2D eigenvalue weighted by Crippen LogP contribution is -2.36. The van der Waals surface area contributed by atoms with Crippen LogP contribution in [0.25, 0.3) is 0 Å². The van der Waals surface area contributed by atoms with Gasteiger partial charge in [0.05, 0.1) is 22.9 Å². The van der Waals surface area contributed by atoms with Gasteiger partial charge in [-0.15, -0.1) is 0 Å². The second-order valence-corrected chi connectivity index (χ2v) is 6.19. The SMILES string of the molecule is CN(C)[C@@H](CNC(=O)CCNC(=O)c1ccccc1Cl)c1ccco1. The first kappa shape index (κ1) is 19.0. The lowest BCUT2D eigenvalue weighted by Gasteiger charge is -2.22. The molecule has 0 saturated carbocycles. The lowest BCUT2D eigenvalue weighted by atomic mass is 10.2. The lowest BCUT2D eigenvalue weighted by molar-refractivity contribution is -0.121. The van der Waals surface area contributed by atoms with Gasteiger partial charge < -0.3 is 15.1 Å². The third kappa shape index (κ3) is 5.62. The molecule has 0 radical (unpaired) electrons. The van der Waals surface area contributed by atoms with Gasteiger partial charge in [-0.05, 0) is 38.4 Å². The van der Waals surface area contributed by atoms with Crippen molar-refractivity contribution < 1.29 is 14.0 Å². The largest absolute Gasteiger partial charge is 0.468 e. The summed E-state index contributed by atoms with van der Waals surface area (Å²) < 4.78 is 5.40. The maximum absolute atomic E-state index is 12.0. The van der Waals surface area contributed by atoms with E-state index < -0.39 is 0 Å². The standard InChI is InChI=1S/C18H22ClN3O3/c1-22(2)15(16-8-5-11-25-16)12-21-17(23)9-10-20-18(24)13-6-3-4-7-14(13)19/h3-8,11,15H,9-10,12H2,1-2H3,(H,20,24)(H,21,23)/t15-/m0/s1. The first-order valence-corrected chi connectivity index (χ1v) is 8.36. The molecule has 0 unspecified atom stereocenters. The van der Waals surface area contributed by atoms with E-state index in [4.69, 9.17) is 16.0 Å². The van der Waals surface area contributed by atoms with Gasteiger partial charge in [0, 0.05) is 19.5 Å². The van der Waals surface area contributed by atoms with Gasteiger partial charge in [-0.2, -0.15) is 0 Å². The summed E-state index contributed by atoms with van der Waals surface area (Å²) in [6.07, 6.45) is 1.80. The highest BCUT2D eigenvalue weighted by Crippen LogP contribution is 2.17. The van der Waals surface area contributed by atoms with Gasteiger partial charge in [-0.1, -0.05) is 23.7 Å². The van der Waals surface area contributed by atoms with Crippen molar-refractivity contribution in [1.29, 1.82) is 0 Å². The Bertz CT molecular complexity index is 701. The fourth-order valence-corrected chi connectivity index (χ4v) is 2.57. The van der Waals surface area contributed by atoms with Crippen LogP contribution in [0, 0.1) is 0 Å². The summed E-state index contributed by atoms with van der Waals surface area (Å²) in [5.74, 6) is 0.357. The first-order chi connectivity index (χ1) is 12.0. The number of furan rings is 1. The molecule has 0 aliphatic carbocycles. The molecule has 1 heterocycles. The average molecular weight is 364 g/mol. The molecular weight excluding hydrogens is 342 g/mol. The highest BCUT2D eigenvalue weighted by atomic mass is 35.5. The molecule has 2 rings (SSSR count). The molecule has 0 spiro atoms. The number of benzene rings is 1. The summed E-state index contributed by atoms with van der Waals surface area (Å²) in [7, 11) is 3.84. The zero-order chi connectivity index (χ0) is 18.2. The van der Waals surface area contributed by atoms with Crippen LogP contribution in [0.5, 0.6) is 0 Å². The number of amides is 2. The molecule has 0 aliphatic rings. The quantitative estimate of drug-likeness (QED) is 0.755. The molecule has 7 heteroatoms. The van der Waals surface area contributed by atoms with Gasteiger partial charge in [0.15, 0.2) is 0 Å². The Morgan fingerprint density at radius 2 is 1.92 bits per heavy atom. The third-order valence-corrected chi connectivity index (χ3v) is 4.07. The minimum absolute atomic E-state index is 0.0448. The molecule has 134 valence electrons. The van der Waals surface area contributed by atoms with Gasteiger partial charge in [-0.3, -0.25) is 14.5 Å². The van der Waals surface area contributed by atoms with Crippen molar-refractivity contribution in [2.24, 2.45) is 0 Å². The summed E-state index contributed by atoms with van der Waals surface area (Å²) in [6.45, 7) is 0.668. The van der Waals surface area contributed by atoms with Crippen molar-refractivity contribution in [3.05, 3.63) is 59.0 Å². The predicted molar refractivity (Wildman–Crippen MR) is 96.5 cm³/mol. The maximum atomic E-state index is 12.0. The zero-order valence-electron chi connectivity index (χ0n) is 14.3. The number of halogens is 1. The normalized spacial score (nSPS) is 12.0. The van der Waals surface area contributed by atoms with Crippen LogP contribution in [0.3, 0.4) is 0 Å². The van der Waals surface area contributed by atoms with Crippen LogP contribution in [-0.2, 0) is 4.79 Å². The molecule has 0 saturated heterocycles. The summed E-state index contributed by atoms with van der Waals surface area (Å²) in [5, 5.41) is 5.94. The Morgan fingerprint density at radius 1 is 1.16 bits per heavy atom. The molecule has 0 bridgehead atoms. The second-order valence-electron chi connectivity index (χ2n) is 5.78. The van der Waals surface area contributed by atoms with Crippen molar-refractivity contribution in [1.82, 2.24) is 15.5 Å². The molecule has 1 aromatic carbocycles. The van der Waals surface area contributed by atoms with Crippen LogP contribution in [-0.4, -0.2) is 43.9 Å². The van der Waals surface area contributed by atoms with Crippen molar-refractivity contribution in [2.75, 3.05) is 27.2 Å². The number of carbonyl (C=O) groups excluding carboxylic acids is 2. The van der Waals surface area contributed by atoms with Crippen molar-refractivity contribution >= 4 is 23.4 Å². The second kappa shape index (κ2) is 9.25. The molecule has 2 amide bonds. The van der Waals surface area contributed by atoms with E-state index in [1.54, 1.807) is 30.5 Å². The molecule has 1 atom stereocenters. The van der Waals surface area contributed by atoms with Gasteiger partial charge in [0.2, 0.25) is 5.91 Å². The highest BCUT2D eigenvalue weighted by molar-refractivity contribution is 6.33. The van der Waals surface area contributed by atoms with Crippen LogP contribution in [0.15, 0.2) is 47.1 Å². The Hall–Kier alpha value is -2.31. The van der Waals surface area contributed by atoms with E-state index in [-0.39, 0.29) is 30.8 Å². The van der Waals surface area contributed by atoms with E-state index in [2.05, 4.69) is 10.6 Å². The van der Waals surface area contributed by atoms with E-state index in [9.17, 15) is 9.59 Å². The topological polar surface area (TPSA) is 74.6 Å². The minimum Gasteiger partial charge on any atom is -0.468 e.